The molecule has 0 unspecified atom stereocenters. The molecule has 2 aromatic rings. The Bertz CT molecular complexity index is 2420. The Hall–Kier alpha value is -7.66. The Morgan fingerprint density at radius 2 is 1.28 bits per heavy atom. The van der Waals surface area contributed by atoms with Gasteiger partial charge in [-0.15, -0.1) is 0 Å². The quantitative estimate of drug-likeness (QED) is 0.0270. The summed E-state index contributed by atoms with van der Waals surface area (Å²) in [6.45, 7) is -0.478. The van der Waals surface area contributed by atoms with E-state index in [9.17, 15) is 63.0 Å². The van der Waals surface area contributed by atoms with Crippen LogP contribution in [0.2, 0.25) is 0 Å². The first kappa shape index (κ1) is 59.9. The van der Waals surface area contributed by atoms with Crippen molar-refractivity contribution < 1.29 is 63.0 Å². The summed E-state index contributed by atoms with van der Waals surface area (Å²) in [5.74, 6) is -11.3. The van der Waals surface area contributed by atoms with Gasteiger partial charge >= 0.3 is 0 Å². The van der Waals surface area contributed by atoms with Crippen LogP contribution in [0.25, 0.3) is 0 Å². The summed E-state index contributed by atoms with van der Waals surface area (Å²) in [6, 6.07) is 3.68. The number of guanidine groups is 1. The lowest BCUT2D eigenvalue weighted by Crippen LogP contribution is -2.61. The van der Waals surface area contributed by atoms with Gasteiger partial charge in [-0.25, -0.2) is 0 Å². The Labute approximate surface area is 438 Å². The van der Waals surface area contributed by atoms with Gasteiger partial charge in [0, 0.05) is 43.9 Å². The number of likely N-dealkylation sites (tertiary alicyclic amines) is 1. The Kier molecular flexibility index (Phi) is 23.9. The number of aliphatic imine (C=N–C) groups is 1. The highest BCUT2D eigenvalue weighted by molar-refractivity contribution is 8.76. The molecular formula is C46H64N14O13S2. The van der Waals surface area contributed by atoms with Gasteiger partial charge in [0.1, 0.15) is 54.1 Å². The van der Waals surface area contributed by atoms with Crippen LogP contribution < -0.4 is 65.9 Å². The van der Waals surface area contributed by atoms with Crippen molar-refractivity contribution in [2.75, 3.05) is 31.1 Å². The highest BCUT2D eigenvalue weighted by Crippen LogP contribution is 2.26. The monoisotopic (exact) mass is 1080 g/mol. The first-order valence-corrected chi connectivity index (χ1v) is 26.2. The van der Waals surface area contributed by atoms with Gasteiger partial charge in [0.2, 0.25) is 65.0 Å². The van der Waals surface area contributed by atoms with Crippen LogP contribution in [-0.4, -0.2) is 166 Å². The average Bonchev–Trinajstić information content (AvgIpc) is 3.86. The highest BCUT2D eigenvalue weighted by atomic mass is 33.1. The Balaban J connectivity index is 1.71. The zero-order valence-electron chi connectivity index (χ0n) is 40.7. The minimum Gasteiger partial charge on any atom is -0.508 e. The molecule has 4 rings (SSSR count). The smallest absolute Gasteiger partial charge is 0.250 e. The third kappa shape index (κ3) is 20.3. The van der Waals surface area contributed by atoms with E-state index in [0.717, 1.165) is 26.5 Å². The number of carbonyl (C=O) groups excluding carboxylic acids is 11. The lowest BCUT2D eigenvalue weighted by molar-refractivity contribution is -0.142. The number of aliphatic hydroxyl groups excluding tert-OH is 1. The van der Waals surface area contributed by atoms with Gasteiger partial charge in [0.15, 0.2) is 5.96 Å². The number of carbonyl (C=O) groups is 11. The average molecular weight is 1090 g/mol. The summed E-state index contributed by atoms with van der Waals surface area (Å²) in [5, 5.41) is 38.5. The fraction of sp³-hybridized carbons (Fsp3) is 0.478. The number of nitrogens with two attached hydrogens (primary N) is 5. The second-order valence-electron chi connectivity index (χ2n) is 17.5. The van der Waals surface area contributed by atoms with Gasteiger partial charge in [0.25, 0.3) is 0 Å². The molecule has 11 amide bonds. The van der Waals surface area contributed by atoms with Gasteiger partial charge in [-0.1, -0.05) is 64.1 Å². The number of phenolic OH excluding ortho intramolecular Hbond substituents is 1. The fourth-order valence-electron chi connectivity index (χ4n) is 7.78. The van der Waals surface area contributed by atoms with E-state index in [-0.39, 0.29) is 74.8 Å². The lowest BCUT2D eigenvalue weighted by Gasteiger charge is -2.31. The number of benzene rings is 2. The Morgan fingerprint density at radius 3 is 1.89 bits per heavy atom. The molecule has 0 aromatic heterocycles. The molecule has 27 nitrogen and oxygen atoms in total. The topological polar surface area (TPSA) is 458 Å². The molecule has 0 bridgehead atoms. The molecule has 0 spiro atoms. The minimum atomic E-state index is -1.82. The van der Waals surface area contributed by atoms with Gasteiger partial charge < -0.3 is 81.0 Å². The van der Waals surface area contributed by atoms with Crippen molar-refractivity contribution in [3.05, 3.63) is 65.7 Å². The van der Waals surface area contributed by atoms with Crippen molar-refractivity contribution in [3.8, 4) is 5.75 Å². The van der Waals surface area contributed by atoms with E-state index in [4.69, 9.17) is 28.7 Å². The predicted molar refractivity (Wildman–Crippen MR) is 274 cm³/mol. The molecule has 0 saturated carbocycles. The van der Waals surface area contributed by atoms with Crippen molar-refractivity contribution in [2.45, 2.75) is 106 Å². The van der Waals surface area contributed by atoms with Crippen LogP contribution in [0.3, 0.4) is 0 Å². The number of hydrogen-bond donors (Lipinski definition) is 14. The lowest BCUT2D eigenvalue weighted by atomic mass is 10.0. The number of aliphatic hydroxyl groups is 1. The van der Waals surface area contributed by atoms with Crippen LogP contribution in [0, 0.1) is 0 Å². The van der Waals surface area contributed by atoms with E-state index in [0.29, 0.717) is 11.1 Å². The zero-order valence-corrected chi connectivity index (χ0v) is 42.3. The molecule has 0 aliphatic carbocycles. The van der Waals surface area contributed by atoms with E-state index in [1.165, 1.54) is 24.3 Å². The molecule has 2 heterocycles. The van der Waals surface area contributed by atoms with Gasteiger partial charge in [-0.2, -0.15) is 0 Å². The molecule has 2 fully saturated rings. The van der Waals surface area contributed by atoms with Crippen molar-refractivity contribution in [2.24, 2.45) is 33.7 Å². The van der Waals surface area contributed by atoms with E-state index >= 15 is 0 Å². The molecule has 2 aliphatic heterocycles. The van der Waals surface area contributed by atoms with Crippen LogP contribution in [-0.2, 0) is 65.6 Å². The molecule has 29 heteroatoms. The molecule has 75 heavy (non-hydrogen) atoms. The number of primary amides is 3. The van der Waals surface area contributed by atoms with Crippen molar-refractivity contribution in [1.82, 2.24) is 42.1 Å². The molecule has 19 N–H and O–H groups in total. The Morgan fingerprint density at radius 1 is 0.707 bits per heavy atom. The number of nitrogens with zero attached hydrogens (tertiary/aromatic N) is 2. The summed E-state index contributed by atoms with van der Waals surface area (Å²) >= 11 is 0. The molecule has 2 saturated heterocycles. The van der Waals surface area contributed by atoms with Gasteiger partial charge in [-0.05, 0) is 55.4 Å². The van der Waals surface area contributed by atoms with Crippen molar-refractivity contribution in [1.29, 1.82) is 0 Å². The van der Waals surface area contributed by atoms with E-state index in [1.54, 1.807) is 30.3 Å². The predicted octanol–water partition coefficient (Wildman–Crippen LogP) is -5.37. The van der Waals surface area contributed by atoms with Gasteiger partial charge in [0.05, 0.1) is 13.0 Å². The van der Waals surface area contributed by atoms with Gasteiger partial charge in [-0.3, -0.25) is 57.7 Å². The zero-order chi connectivity index (χ0) is 55.2. The molecule has 2 aromatic carbocycles. The fourth-order valence-corrected chi connectivity index (χ4v) is 9.99. The number of phenols is 1. The van der Waals surface area contributed by atoms with Crippen LogP contribution in [0.5, 0.6) is 5.75 Å². The van der Waals surface area contributed by atoms with E-state index in [2.05, 4.69) is 42.2 Å². The standard InChI is InChI=1S/C46H64N14O13S2/c47-35(63)15-14-28-39(67)57-31(20-36(48)64)42(70)59-32(45(73)60-17-5-9-33(60)43(71)55-27(8-4-16-52-46(50)51)38(66)53-21-37(49)65)22-74-75-23-34(62)44(72)58-30(19-25-10-12-26(61)13-11-25)41(69)56-29(40(68)54-28)18-24-6-2-1-3-7-24/h1-3,6-7,10-13,27-34,61-62H,4-5,8-9,14-23H2,(H2,47,63)(H2,48,64)(H2,49,65)(H,53,66)(H,54,68)(H,55,71)(H,56,69)(H,57,67)(H,58,72)(H,59,70)(H4,50,51,52)/t27-,28+,29+,30+,31+,32+,33+,34+/m1/s1. The van der Waals surface area contributed by atoms with Crippen molar-refractivity contribution in [3.63, 3.8) is 0 Å². The first-order chi connectivity index (χ1) is 35.6. The number of rotatable bonds is 19. The molecular weight excluding hydrogens is 1020 g/mol. The summed E-state index contributed by atoms with van der Waals surface area (Å²) < 4.78 is 0. The maximum atomic E-state index is 14.6. The van der Waals surface area contributed by atoms with E-state index < -0.39 is 139 Å². The summed E-state index contributed by atoms with van der Waals surface area (Å²) in [6.07, 6.45) is -3.34. The molecule has 408 valence electrons. The second kappa shape index (κ2) is 29.9. The second-order valence-corrected chi connectivity index (χ2v) is 20.1. The molecule has 2 aliphatic rings. The van der Waals surface area contributed by atoms with Crippen LogP contribution >= 0.6 is 21.6 Å². The van der Waals surface area contributed by atoms with Crippen LogP contribution in [0.15, 0.2) is 59.6 Å². The van der Waals surface area contributed by atoms with Crippen molar-refractivity contribution >= 4 is 92.5 Å². The maximum absolute atomic E-state index is 14.6. The summed E-state index contributed by atoms with van der Waals surface area (Å²) in [7, 11) is 1.79. The summed E-state index contributed by atoms with van der Waals surface area (Å²) in [5.41, 5.74) is 28.0. The maximum Gasteiger partial charge on any atom is 0.250 e. The third-order valence-electron chi connectivity index (χ3n) is 11.6. The van der Waals surface area contributed by atoms with Crippen LogP contribution in [0.4, 0.5) is 0 Å². The SMILES string of the molecule is NC(=O)CC[C@@H]1NC(=O)[C@H](Cc2ccccc2)NC(=O)[C@H](Cc2ccc(O)cc2)NC(=O)[C@@H](O)CSSC[C@@H](C(=O)N2CCC[C@H]2C(=O)N[C@H](CCCN=C(N)N)C(=O)NCC(N)=O)NC(=O)[C@H](CC(N)=O)NC1=O. The third-order valence-corrected chi connectivity index (χ3v) is 14.0. The van der Waals surface area contributed by atoms with Crippen LogP contribution in [0.1, 0.15) is 56.1 Å². The normalized spacial score (nSPS) is 22.6. The first-order valence-electron chi connectivity index (χ1n) is 23.7. The molecule has 8 atom stereocenters. The van der Waals surface area contributed by atoms with E-state index in [1.807, 2.05) is 0 Å². The number of amides is 11. The highest BCUT2D eigenvalue weighted by Gasteiger charge is 2.40. The number of aromatic hydroxyl groups is 1. The molecule has 0 radical (unpaired) electrons. The number of nitrogens with one attached hydrogen (secondary N) is 7. The summed E-state index contributed by atoms with van der Waals surface area (Å²) in [4.78, 5) is 153. The minimum absolute atomic E-state index is 0.00915. The largest absolute Gasteiger partial charge is 0.508 e. The number of hydrogen-bond acceptors (Lipinski definition) is 16.